The fourth-order valence-corrected chi connectivity index (χ4v) is 3.57. The average Bonchev–Trinajstić information content (AvgIpc) is 2.71. The molecule has 1 fully saturated rings. The van der Waals surface area contributed by atoms with Gasteiger partial charge in [-0.3, -0.25) is 4.79 Å². The fraction of sp³-hybridized carbons (Fsp3) is 0.435. The van der Waals surface area contributed by atoms with Crippen LogP contribution in [0.3, 0.4) is 0 Å². The summed E-state index contributed by atoms with van der Waals surface area (Å²) in [6.07, 6.45) is -4.86. The number of benzene rings is 2. The van der Waals surface area contributed by atoms with E-state index in [9.17, 15) is 24.5 Å². The van der Waals surface area contributed by atoms with E-state index in [-0.39, 0.29) is 11.7 Å². The lowest BCUT2D eigenvalue weighted by Crippen LogP contribution is -2.63. The van der Waals surface area contributed by atoms with Crippen LogP contribution in [0.4, 0.5) is 4.39 Å². The zero-order valence-electron chi connectivity index (χ0n) is 17.7. The molecule has 1 saturated heterocycles. The Hall–Kier alpha value is -2.52. The zero-order chi connectivity index (χ0) is 22.8. The molecular formula is C23H28FNO6. The Labute approximate surface area is 180 Å². The van der Waals surface area contributed by atoms with E-state index in [0.717, 1.165) is 5.56 Å². The van der Waals surface area contributed by atoms with Crippen molar-refractivity contribution in [1.29, 1.82) is 0 Å². The molecule has 0 aliphatic carbocycles. The Bertz CT molecular complexity index is 934. The lowest BCUT2D eigenvalue weighted by atomic mass is 9.90. The van der Waals surface area contributed by atoms with Crippen molar-refractivity contribution in [2.24, 2.45) is 0 Å². The smallest absolute Gasteiger partial charge is 0.229 e. The van der Waals surface area contributed by atoms with Crippen molar-refractivity contribution in [3.05, 3.63) is 53.8 Å². The quantitative estimate of drug-likeness (QED) is 0.553. The highest BCUT2D eigenvalue weighted by molar-refractivity contribution is 5.73. The van der Waals surface area contributed by atoms with Crippen LogP contribution in [0.5, 0.6) is 5.75 Å². The topological polar surface area (TPSA) is 108 Å². The second kappa shape index (κ2) is 9.32. The second-order valence-electron chi connectivity index (χ2n) is 8.20. The summed E-state index contributed by atoms with van der Waals surface area (Å²) in [5.74, 6) is -0.188. The van der Waals surface area contributed by atoms with Gasteiger partial charge in [-0.2, -0.15) is 0 Å². The van der Waals surface area contributed by atoms with Crippen molar-refractivity contribution >= 4 is 5.91 Å². The lowest BCUT2D eigenvalue weighted by molar-refractivity contribution is -0.301. The highest BCUT2D eigenvalue weighted by atomic mass is 19.1. The summed E-state index contributed by atoms with van der Waals surface area (Å²) >= 11 is 0. The van der Waals surface area contributed by atoms with Gasteiger partial charge >= 0.3 is 0 Å². The maximum Gasteiger partial charge on any atom is 0.229 e. The third kappa shape index (κ3) is 5.40. The highest BCUT2D eigenvalue weighted by Gasteiger charge is 2.49. The summed E-state index contributed by atoms with van der Waals surface area (Å²) in [6, 6.07) is 11.3. The predicted octanol–water partition coefficient (Wildman–Crippen LogP) is 1.77. The largest absolute Gasteiger partial charge is 0.462 e. The standard InChI is InChI=1S/C23H28FNO6/c1-13(26)25-10-9-14-7-8-17(12-18(14)15-5-4-6-16(24)11-15)30-22-20(28)19(27)21(29)23(2,3)31-22/h4-8,11-12,19-22,27-29H,9-10H2,1-3H3,(H,25,26)/t19-,20+,21+,22+/m0/s1. The predicted molar refractivity (Wildman–Crippen MR) is 112 cm³/mol. The van der Waals surface area contributed by atoms with Crippen LogP contribution < -0.4 is 10.1 Å². The van der Waals surface area contributed by atoms with Gasteiger partial charge in [0.15, 0.2) is 0 Å². The minimum atomic E-state index is -1.46. The zero-order valence-corrected chi connectivity index (χ0v) is 17.7. The fourth-order valence-electron chi connectivity index (χ4n) is 3.57. The number of carbonyl (C=O) groups is 1. The maximum atomic E-state index is 13.8. The minimum Gasteiger partial charge on any atom is -0.462 e. The van der Waals surface area contributed by atoms with Gasteiger partial charge in [0, 0.05) is 13.5 Å². The summed E-state index contributed by atoms with van der Waals surface area (Å²) in [5.41, 5.74) is 1.07. The average molecular weight is 433 g/mol. The molecule has 8 heteroatoms. The van der Waals surface area contributed by atoms with Gasteiger partial charge in [0.1, 0.15) is 29.9 Å². The summed E-state index contributed by atoms with van der Waals surface area (Å²) in [4.78, 5) is 11.2. The molecule has 1 aliphatic rings. The highest BCUT2D eigenvalue weighted by Crippen LogP contribution is 2.33. The van der Waals surface area contributed by atoms with Crippen molar-refractivity contribution in [2.45, 2.75) is 57.4 Å². The van der Waals surface area contributed by atoms with E-state index < -0.39 is 30.2 Å². The number of carbonyl (C=O) groups excluding carboxylic acids is 1. The molecule has 4 N–H and O–H groups in total. The molecule has 1 amide bonds. The molecule has 4 atom stereocenters. The SMILES string of the molecule is CC(=O)NCCc1ccc(O[C@@H]2OC(C)(C)[C@H](O)[C@@H](O)[C@H]2O)cc1-c1cccc(F)c1. The number of amides is 1. The Morgan fingerprint density at radius 1 is 1.16 bits per heavy atom. The number of aliphatic hydroxyl groups is 3. The van der Waals surface area contributed by atoms with Crippen LogP contribution in [0.2, 0.25) is 0 Å². The van der Waals surface area contributed by atoms with Gasteiger partial charge in [-0.1, -0.05) is 18.2 Å². The van der Waals surface area contributed by atoms with Crippen LogP contribution >= 0.6 is 0 Å². The Kier molecular flexibility index (Phi) is 6.96. The Morgan fingerprint density at radius 3 is 2.58 bits per heavy atom. The van der Waals surface area contributed by atoms with Crippen molar-refractivity contribution < 1.29 is 34.0 Å². The maximum absolute atomic E-state index is 13.8. The third-order valence-corrected chi connectivity index (χ3v) is 5.32. The van der Waals surface area contributed by atoms with E-state index in [4.69, 9.17) is 9.47 Å². The summed E-state index contributed by atoms with van der Waals surface area (Å²) < 4.78 is 25.3. The number of ether oxygens (including phenoxy) is 2. The van der Waals surface area contributed by atoms with E-state index in [1.165, 1.54) is 19.1 Å². The summed E-state index contributed by atoms with van der Waals surface area (Å²) in [6.45, 7) is 5.03. The summed E-state index contributed by atoms with van der Waals surface area (Å²) in [7, 11) is 0. The molecule has 0 aromatic heterocycles. The van der Waals surface area contributed by atoms with E-state index in [2.05, 4.69) is 5.32 Å². The first-order valence-corrected chi connectivity index (χ1v) is 10.1. The number of nitrogens with one attached hydrogen (secondary N) is 1. The van der Waals surface area contributed by atoms with Crippen LogP contribution in [0.25, 0.3) is 11.1 Å². The molecule has 2 aromatic rings. The third-order valence-electron chi connectivity index (χ3n) is 5.32. The molecule has 168 valence electrons. The number of aliphatic hydroxyl groups excluding tert-OH is 3. The molecule has 0 saturated carbocycles. The van der Waals surface area contributed by atoms with Crippen molar-refractivity contribution in [3.63, 3.8) is 0 Å². The van der Waals surface area contributed by atoms with Crippen LogP contribution in [0.1, 0.15) is 26.3 Å². The molecular weight excluding hydrogens is 405 g/mol. The molecule has 0 unspecified atom stereocenters. The van der Waals surface area contributed by atoms with Gasteiger partial charge in [-0.15, -0.1) is 0 Å². The lowest BCUT2D eigenvalue weighted by Gasteiger charge is -2.44. The first kappa shape index (κ1) is 23.1. The van der Waals surface area contributed by atoms with Gasteiger partial charge in [0.25, 0.3) is 0 Å². The summed E-state index contributed by atoms with van der Waals surface area (Å²) in [5, 5.41) is 33.3. The van der Waals surface area contributed by atoms with Crippen LogP contribution in [0.15, 0.2) is 42.5 Å². The van der Waals surface area contributed by atoms with E-state index in [0.29, 0.717) is 29.8 Å². The molecule has 31 heavy (non-hydrogen) atoms. The molecule has 1 heterocycles. The Balaban J connectivity index is 1.89. The molecule has 0 spiro atoms. The van der Waals surface area contributed by atoms with Gasteiger partial charge in [0.05, 0.1) is 5.60 Å². The van der Waals surface area contributed by atoms with Gasteiger partial charge < -0.3 is 30.1 Å². The van der Waals surface area contributed by atoms with Gasteiger partial charge in [-0.05, 0) is 61.2 Å². The van der Waals surface area contributed by atoms with E-state index in [1.807, 2.05) is 0 Å². The van der Waals surface area contributed by atoms with E-state index in [1.54, 1.807) is 44.2 Å². The van der Waals surface area contributed by atoms with Crippen LogP contribution in [0, 0.1) is 5.82 Å². The number of hydrogen-bond acceptors (Lipinski definition) is 6. The first-order chi connectivity index (χ1) is 14.6. The van der Waals surface area contributed by atoms with E-state index >= 15 is 0 Å². The number of rotatable bonds is 6. The second-order valence-corrected chi connectivity index (χ2v) is 8.20. The molecule has 1 aliphatic heterocycles. The number of hydrogen-bond donors (Lipinski definition) is 4. The number of halogens is 1. The van der Waals surface area contributed by atoms with Crippen molar-refractivity contribution in [1.82, 2.24) is 5.32 Å². The molecule has 3 rings (SSSR count). The molecule has 7 nitrogen and oxygen atoms in total. The van der Waals surface area contributed by atoms with Crippen LogP contribution in [-0.4, -0.2) is 58.0 Å². The Morgan fingerprint density at radius 2 is 1.90 bits per heavy atom. The molecule has 2 aromatic carbocycles. The minimum absolute atomic E-state index is 0.140. The normalized spacial score (nSPS) is 25.1. The van der Waals surface area contributed by atoms with Crippen molar-refractivity contribution in [2.75, 3.05) is 6.54 Å². The van der Waals surface area contributed by atoms with Crippen molar-refractivity contribution in [3.8, 4) is 16.9 Å². The first-order valence-electron chi connectivity index (χ1n) is 10.1. The van der Waals surface area contributed by atoms with Gasteiger partial charge in [0.2, 0.25) is 12.2 Å². The van der Waals surface area contributed by atoms with Gasteiger partial charge in [-0.25, -0.2) is 4.39 Å². The van der Waals surface area contributed by atoms with Crippen LogP contribution in [-0.2, 0) is 16.0 Å². The molecule has 0 bridgehead atoms. The molecule has 0 radical (unpaired) electrons. The monoisotopic (exact) mass is 433 g/mol.